The number of amides is 1. The number of rotatable bonds is 8. The Hall–Kier alpha value is -1.30. The third kappa shape index (κ3) is 14.7. The quantitative estimate of drug-likeness (QED) is 0.152. The summed E-state index contributed by atoms with van der Waals surface area (Å²) in [5.74, 6) is 0.398. The molecule has 0 bridgehead atoms. The number of halogens is 1. The van der Waals surface area contributed by atoms with Crippen LogP contribution in [0.4, 0.5) is 4.79 Å². The molecule has 2 N–H and O–H groups in total. The average molecular weight is 571 g/mol. The summed E-state index contributed by atoms with van der Waals surface area (Å²) in [6.07, 6.45) is 2.29. The van der Waals surface area contributed by atoms with Crippen molar-refractivity contribution in [2.24, 2.45) is 4.99 Å². The Balaban J connectivity index is 0.00000961. The fourth-order valence-corrected chi connectivity index (χ4v) is 3.00. The van der Waals surface area contributed by atoms with E-state index in [2.05, 4.69) is 20.5 Å². The molecule has 1 aliphatic heterocycles. The molecule has 10 heteroatoms. The fourth-order valence-electron chi connectivity index (χ4n) is 3.00. The lowest BCUT2D eigenvalue weighted by Gasteiger charge is -2.34. The van der Waals surface area contributed by atoms with Gasteiger partial charge in [-0.15, -0.1) is 24.0 Å². The molecule has 1 rings (SSSR count). The number of nitrogens with zero attached hydrogens (tertiary/aromatic N) is 2. The Morgan fingerprint density at radius 1 is 1.00 bits per heavy atom. The zero-order valence-corrected chi connectivity index (χ0v) is 23.1. The van der Waals surface area contributed by atoms with Crippen LogP contribution in [0.15, 0.2) is 4.99 Å². The van der Waals surface area contributed by atoms with E-state index in [0.29, 0.717) is 13.2 Å². The average Bonchev–Trinajstić information content (AvgIpc) is 2.62. The second-order valence-corrected chi connectivity index (χ2v) is 9.60. The zero-order chi connectivity index (χ0) is 23.5. The second-order valence-electron chi connectivity index (χ2n) is 9.60. The van der Waals surface area contributed by atoms with Gasteiger partial charge < -0.3 is 29.7 Å². The molecule has 1 amide bonds. The predicted octanol–water partition coefficient (Wildman–Crippen LogP) is 3.31. The van der Waals surface area contributed by atoms with Crippen molar-refractivity contribution in [3.05, 3.63) is 0 Å². The zero-order valence-electron chi connectivity index (χ0n) is 20.8. The molecule has 0 aliphatic carbocycles. The van der Waals surface area contributed by atoms with Gasteiger partial charge in [0.05, 0.1) is 6.10 Å². The van der Waals surface area contributed by atoms with Crippen LogP contribution in [-0.2, 0) is 19.0 Å². The first-order valence-corrected chi connectivity index (χ1v) is 11.2. The minimum Gasteiger partial charge on any atom is -0.459 e. The first kappa shape index (κ1) is 30.7. The van der Waals surface area contributed by atoms with E-state index in [-0.39, 0.29) is 42.6 Å². The fraction of sp³-hybridized carbons (Fsp3) is 0.864. The maximum atomic E-state index is 12.0. The summed E-state index contributed by atoms with van der Waals surface area (Å²) in [5.41, 5.74) is -1.00. The number of alkyl carbamates (subject to hydrolysis) is 1. The van der Waals surface area contributed by atoms with Crippen molar-refractivity contribution >= 4 is 42.0 Å². The maximum Gasteiger partial charge on any atom is 0.407 e. The molecular weight excluding hydrogens is 527 g/mol. The Kier molecular flexibility index (Phi) is 14.2. The molecule has 188 valence electrons. The van der Waals surface area contributed by atoms with Gasteiger partial charge in [0.25, 0.3) is 0 Å². The number of piperidine rings is 1. The van der Waals surface area contributed by atoms with E-state index in [1.807, 2.05) is 48.5 Å². The van der Waals surface area contributed by atoms with Crippen molar-refractivity contribution in [3.63, 3.8) is 0 Å². The van der Waals surface area contributed by atoms with Crippen LogP contribution >= 0.6 is 24.0 Å². The van der Waals surface area contributed by atoms with Gasteiger partial charge >= 0.3 is 12.1 Å². The molecule has 0 aromatic heterocycles. The molecule has 0 unspecified atom stereocenters. The molecule has 0 spiro atoms. The van der Waals surface area contributed by atoms with Crippen molar-refractivity contribution in [3.8, 4) is 0 Å². The van der Waals surface area contributed by atoms with Gasteiger partial charge in [0, 0.05) is 32.8 Å². The van der Waals surface area contributed by atoms with Crippen molar-refractivity contribution in [2.45, 2.75) is 85.0 Å². The van der Waals surface area contributed by atoms with E-state index in [0.717, 1.165) is 44.9 Å². The van der Waals surface area contributed by atoms with Gasteiger partial charge in [-0.25, -0.2) is 9.79 Å². The highest BCUT2D eigenvalue weighted by molar-refractivity contribution is 14.0. The van der Waals surface area contributed by atoms with E-state index in [1.165, 1.54) is 0 Å². The number of likely N-dealkylation sites (tertiary alicyclic amines) is 1. The van der Waals surface area contributed by atoms with Crippen LogP contribution in [0, 0.1) is 0 Å². The third-order valence-corrected chi connectivity index (χ3v) is 4.20. The minimum atomic E-state index is -0.511. The van der Waals surface area contributed by atoms with Crippen molar-refractivity contribution in [1.82, 2.24) is 15.5 Å². The summed E-state index contributed by atoms with van der Waals surface area (Å²) in [5, 5.41) is 5.99. The normalized spacial score (nSPS) is 15.6. The number of hydrogen-bond donors (Lipinski definition) is 2. The van der Waals surface area contributed by atoms with Gasteiger partial charge in [-0.1, -0.05) is 0 Å². The molecule has 9 nitrogen and oxygen atoms in total. The van der Waals surface area contributed by atoms with E-state index in [1.54, 1.807) is 0 Å². The van der Waals surface area contributed by atoms with Gasteiger partial charge in [-0.2, -0.15) is 0 Å². The number of esters is 1. The summed E-state index contributed by atoms with van der Waals surface area (Å²) in [6.45, 7) is 16.5. The first-order valence-electron chi connectivity index (χ1n) is 11.2. The molecule has 0 saturated carbocycles. The van der Waals surface area contributed by atoms with E-state index in [4.69, 9.17) is 14.2 Å². The lowest BCUT2D eigenvalue weighted by Crippen LogP contribution is -2.47. The Labute approximate surface area is 210 Å². The highest BCUT2D eigenvalue weighted by Gasteiger charge is 2.23. The summed E-state index contributed by atoms with van der Waals surface area (Å²) in [4.78, 5) is 30.2. The van der Waals surface area contributed by atoms with Crippen molar-refractivity contribution in [2.75, 3.05) is 39.3 Å². The largest absolute Gasteiger partial charge is 0.459 e. The van der Waals surface area contributed by atoms with Gasteiger partial charge in [-0.05, 0) is 67.7 Å². The van der Waals surface area contributed by atoms with Crippen LogP contribution in [0.2, 0.25) is 0 Å². The maximum absolute atomic E-state index is 12.0. The van der Waals surface area contributed by atoms with Crippen LogP contribution in [-0.4, -0.2) is 79.6 Å². The van der Waals surface area contributed by atoms with Crippen LogP contribution in [0.25, 0.3) is 0 Å². The number of carbonyl (C=O) groups is 2. The minimum absolute atomic E-state index is 0. The highest BCUT2D eigenvalue weighted by atomic mass is 127. The first-order chi connectivity index (χ1) is 14.4. The van der Waals surface area contributed by atoms with Crippen LogP contribution in [0.3, 0.4) is 0 Å². The number of hydrogen-bond acceptors (Lipinski definition) is 6. The number of aliphatic imine (C=N–C) groups is 1. The van der Waals surface area contributed by atoms with Crippen LogP contribution < -0.4 is 10.6 Å². The molecule has 0 aromatic rings. The van der Waals surface area contributed by atoms with Gasteiger partial charge in [0.15, 0.2) is 5.96 Å². The van der Waals surface area contributed by atoms with Crippen LogP contribution in [0.5, 0.6) is 0 Å². The van der Waals surface area contributed by atoms with Crippen LogP contribution in [0.1, 0.15) is 67.7 Å². The summed E-state index contributed by atoms with van der Waals surface area (Å²) in [7, 11) is 0. The molecule has 32 heavy (non-hydrogen) atoms. The second kappa shape index (κ2) is 14.8. The Morgan fingerprint density at radius 3 is 2.12 bits per heavy atom. The van der Waals surface area contributed by atoms with E-state index in [9.17, 15) is 9.59 Å². The SMILES string of the molecule is CCNC(=NCC(=O)OC(C)(C)C)N1CCC(OCCCNC(=O)OC(C)(C)C)CC1.I. The Bertz CT molecular complexity index is 594. The van der Waals surface area contributed by atoms with Crippen molar-refractivity contribution < 1.29 is 23.8 Å². The van der Waals surface area contributed by atoms with E-state index < -0.39 is 17.3 Å². The molecule has 1 aliphatic rings. The number of nitrogens with one attached hydrogen (secondary N) is 2. The highest BCUT2D eigenvalue weighted by Crippen LogP contribution is 2.14. The molecule has 1 saturated heterocycles. The molecule has 1 heterocycles. The number of guanidine groups is 1. The van der Waals surface area contributed by atoms with Gasteiger partial charge in [-0.3, -0.25) is 4.79 Å². The lowest BCUT2D eigenvalue weighted by molar-refractivity contribution is -0.152. The molecule has 0 aromatic carbocycles. The molecule has 0 radical (unpaired) electrons. The smallest absolute Gasteiger partial charge is 0.407 e. The standard InChI is InChI=1S/C22H42N4O5.HI/c1-8-23-19(25-16-18(27)30-21(2,3)4)26-13-10-17(11-14-26)29-15-9-12-24-20(28)31-22(5,6)7;/h17H,8-16H2,1-7H3,(H,23,25)(H,24,28);1H. The molecular formula is C22H43IN4O5. The summed E-state index contributed by atoms with van der Waals surface area (Å²) in [6, 6.07) is 0. The molecule has 0 atom stereocenters. The lowest BCUT2D eigenvalue weighted by atomic mass is 10.1. The summed E-state index contributed by atoms with van der Waals surface area (Å²) < 4.78 is 16.5. The topological polar surface area (TPSA) is 101 Å². The summed E-state index contributed by atoms with van der Waals surface area (Å²) >= 11 is 0. The molecule has 1 fully saturated rings. The predicted molar refractivity (Wildman–Crippen MR) is 137 cm³/mol. The number of carbonyl (C=O) groups excluding carboxylic acids is 2. The van der Waals surface area contributed by atoms with Gasteiger partial charge in [0.1, 0.15) is 17.7 Å². The van der Waals surface area contributed by atoms with Crippen molar-refractivity contribution in [1.29, 1.82) is 0 Å². The van der Waals surface area contributed by atoms with E-state index >= 15 is 0 Å². The Morgan fingerprint density at radius 2 is 1.59 bits per heavy atom. The number of ether oxygens (including phenoxy) is 3. The monoisotopic (exact) mass is 570 g/mol. The third-order valence-electron chi connectivity index (χ3n) is 4.20. The van der Waals surface area contributed by atoms with Gasteiger partial charge in [0.2, 0.25) is 0 Å².